The molecule has 2 nitrogen and oxygen atoms in total. The predicted molar refractivity (Wildman–Crippen MR) is 64.5 cm³/mol. The fraction of sp³-hybridized carbons (Fsp3) is 0.214. The highest BCUT2D eigenvalue weighted by atomic mass is 19.1. The molecule has 0 spiro atoms. The molecule has 0 aromatic carbocycles. The van der Waals surface area contributed by atoms with Crippen LogP contribution in [-0.2, 0) is 4.79 Å². The van der Waals surface area contributed by atoms with Gasteiger partial charge < -0.3 is 0 Å². The first-order valence-electron chi connectivity index (χ1n) is 5.38. The molecule has 0 bridgehead atoms. The lowest BCUT2D eigenvalue weighted by Crippen LogP contribution is -2.04. The van der Waals surface area contributed by atoms with Crippen LogP contribution in [-0.4, -0.2) is 10.9 Å². The van der Waals surface area contributed by atoms with Gasteiger partial charge in [-0.05, 0) is 30.2 Å². The quantitative estimate of drug-likeness (QED) is 0.693. The third-order valence-corrected chi connectivity index (χ3v) is 2.74. The maximum Gasteiger partial charge on any atom is 0.138 e. The van der Waals surface area contributed by atoms with Crippen molar-refractivity contribution in [3.05, 3.63) is 53.1 Å². The minimum absolute atomic E-state index is 0.0781. The van der Waals surface area contributed by atoms with Crippen LogP contribution < -0.4 is 0 Å². The molecule has 0 saturated carbocycles. The summed E-state index contributed by atoms with van der Waals surface area (Å²) in [7, 11) is 0. The van der Waals surface area contributed by atoms with Crippen molar-refractivity contribution >= 4 is 11.5 Å². The van der Waals surface area contributed by atoms with E-state index in [1.807, 2.05) is 19.1 Å². The summed E-state index contributed by atoms with van der Waals surface area (Å²) < 4.78 is 13.6. The lowest BCUT2D eigenvalue weighted by Gasteiger charge is -2.15. The first-order chi connectivity index (χ1) is 8.11. The molecular formula is C14H12FNO. The number of pyridine rings is 1. The van der Waals surface area contributed by atoms with Crippen LogP contribution in [0.1, 0.15) is 18.1 Å². The second-order valence-corrected chi connectivity index (χ2v) is 4.17. The number of aryl methyl sites for hydroxylation is 1. The highest BCUT2D eigenvalue weighted by Crippen LogP contribution is 2.31. The minimum Gasteiger partial charge on any atom is -0.264 e. The molecule has 1 heterocycles. The van der Waals surface area contributed by atoms with Crippen LogP contribution in [0.3, 0.4) is 0 Å². The molecule has 0 aliphatic heterocycles. The number of aromatic nitrogens is 1. The second-order valence-electron chi connectivity index (χ2n) is 4.17. The molecule has 0 amide bonds. The molecule has 86 valence electrons. The average Bonchev–Trinajstić information content (AvgIpc) is 2.28. The van der Waals surface area contributed by atoms with Gasteiger partial charge in [0.15, 0.2) is 0 Å². The summed E-state index contributed by atoms with van der Waals surface area (Å²) in [6, 6.07) is 1.94. The lowest BCUT2D eigenvalue weighted by molar-refractivity contribution is 0.558. The zero-order valence-corrected chi connectivity index (χ0v) is 9.70. The third kappa shape index (κ3) is 2.24. The summed E-state index contributed by atoms with van der Waals surface area (Å²) in [5.74, 6) is 0.886. The van der Waals surface area contributed by atoms with Gasteiger partial charge in [0.25, 0.3) is 0 Å². The van der Waals surface area contributed by atoms with Gasteiger partial charge >= 0.3 is 0 Å². The Morgan fingerprint density at radius 1 is 1.41 bits per heavy atom. The van der Waals surface area contributed by atoms with E-state index in [-0.39, 0.29) is 11.5 Å². The monoisotopic (exact) mass is 229 g/mol. The van der Waals surface area contributed by atoms with Crippen molar-refractivity contribution in [2.24, 2.45) is 5.92 Å². The molecule has 0 radical (unpaired) electrons. The van der Waals surface area contributed by atoms with Crippen LogP contribution in [0.5, 0.6) is 0 Å². The van der Waals surface area contributed by atoms with Crippen LogP contribution in [0.15, 0.2) is 42.0 Å². The Bertz CT molecular complexity index is 565. The molecule has 0 saturated heterocycles. The largest absolute Gasteiger partial charge is 0.264 e. The van der Waals surface area contributed by atoms with E-state index in [1.54, 1.807) is 25.3 Å². The molecular weight excluding hydrogens is 217 g/mol. The van der Waals surface area contributed by atoms with Gasteiger partial charge in [-0.15, -0.1) is 0 Å². The Hall–Kier alpha value is -1.99. The SMILES string of the molecule is Cc1cncc(C2=CC(C)C(=C=O)C(F)=C2)c1. The number of nitrogens with zero attached hydrogens (tertiary/aromatic N) is 1. The van der Waals surface area contributed by atoms with Gasteiger partial charge in [-0.2, -0.15) is 0 Å². The lowest BCUT2D eigenvalue weighted by atomic mass is 9.90. The maximum absolute atomic E-state index is 13.6. The molecule has 0 fully saturated rings. The van der Waals surface area contributed by atoms with Gasteiger partial charge in [-0.25, -0.2) is 9.18 Å². The van der Waals surface area contributed by atoms with Gasteiger partial charge in [0.2, 0.25) is 0 Å². The van der Waals surface area contributed by atoms with Crippen LogP contribution in [0.4, 0.5) is 4.39 Å². The molecule has 1 atom stereocenters. The van der Waals surface area contributed by atoms with E-state index in [0.717, 1.165) is 16.7 Å². The number of carbonyl (C=O) groups excluding carboxylic acids is 1. The Labute approximate surface area is 99.2 Å². The number of hydrogen-bond acceptors (Lipinski definition) is 2. The molecule has 1 aromatic rings. The summed E-state index contributed by atoms with van der Waals surface area (Å²) >= 11 is 0. The molecule has 2 rings (SSSR count). The molecule has 17 heavy (non-hydrogen) atoms. The first kappa shape index (κ1) is 11.5. The Morgan fingerprint density at radius 2 is 2.18 bits per heavy atom. The number of hydrogen-bond donors (Lipinski definition) is 0. The summed E-state index contributed by atoms with van der Waals surface area (Å²) in [4.78, 5) is 14.7. The van der Waals surface area contributed by atoms with Crippen molar-refractivity contribution < 1.29 is 9.18 Å². The zero-order chi connectivity index (χ0) is 12.4. The van der Waals surface area contributed by atoms with Crippen molar-refractivity contribution in [2.45, 2.75) is 13.8 Å². The van der Waals surface area contributed by atoms with Gasteiger partial charge in [-0.1, -0.05) is 13.0 Å². The van der Waals surface area contributed by atoms with Gasteiger partial charge in [0.1, 0.15) is 11.8 Å². The van der Waals surface area contributed by atoms with Crippen molar-refractivity contribution in [3.8, 4) is 0 Å². The number of halogens is 1. The van der Waals surface area contributed by atoms with Gasteiger partial charge in [0, 0.05) is 23.9 Å². The van der Waals surface area contributed by atoms with E-state index < -0.39 is 5.83 Å². The second kappa shape index (κ2) is 4.48. The smallest absolute Gasteiger partial charge is 0.138 e. The van der Waals surface area contributed by atoms with Crippen molar-refractivity contribution in [3.63, 3.8) is 0 Å². The van der Waals surface area contributed by atoms with Crippen LogP contribution in [0.2, 0.25) is 0 Å². The molecule has 1 aliphatic carbocycles. The third-order valence-electron chi connectivity index (χ3n) is 2.74. The van der Waals surface area contributed by atoms with E-state index in [0.29, 0.717) is 0 Å². The van der Waals surface area contributed by atoms with Gasteiger partial charge in [-0.3, -0.25) is 4.98 Å². The summed E-state index contributed by atoms with van der Waals surface area (Å²) in [6.07, 6.45) is 6.63. The predicted octanol–water partition coefficient (Wildman–Crippen LogP) is 3.03. The molecule has 3 heteroatoms. The highest BCUT2D eigenvalue weighted by molar-refractivity contribution is 5.80. The van der Waals surface area contributed by atoms with Crippen molar-refractivity contribution in [1.29, 1.82) is 0 Å². The van der Waals surface area contributed by atoms with E-state index in [1.165, 1.54) is 6.08 Å². The minimum atomic E-state index is -0.508. The van der Waals surface area contributed by atoms with E-state index in [2.05, 4.69) is 4.98 Å². The van der Waals surface area contributed by atoms with Crippen LogP contribution in [0, 0.1) is 12.8 Å². The van der Waals surface area contributed by atoms with E-state index >= 15 is 0 Å². The fourth-order valence-electron chi connectivity index (χ4n) is 1.87. The topological polar surface area (TPSA) is 30.0 Å². The van der Waals surface area contributed by atoms with Crippen molar-refractivity contribution in [1.82, 2.24) is 4.98 Å². The molecule has 1 aromatic heterocycles. The normalized spacial score (nSPS) is 19.5. The molecule has 1 aliphatic rings. The summed E-state index contributed by atoms with van der Waals surface area (Å²) in [5, 5.41) is 0. The van der Waals surface area contributed by atoms with Crippen molar-refractivity contribution in [2.75, 3.05) is 0 Å². The standard InChI is InChI=1S/C14H12FNO/c1-9-3-12(7-16-6-9)11-4-10(2)13(8-17)14(15)5-11/h3-7,10H,1-2H3. The summed E-state index contributed by atoms with van der Waals surface area (Å²) in [5.41, 5.74) is 2.71. The van der Waals surface area contributed by atoms with Crippen LogP contribution >= 0.6 is 0 Å². The number of rotatable bonds is 1. The fourth-order valence-corrected chi connectivity index (χ4v) is 1.87. The van der Waals surface area contributed by atoms with Gasteiger partial charge in [0.05, 0.1) is 5.57 Å². The van der Waals surface area contributed by atoms with E-state index in [4.69, 9.17) is 0 Å². The average molecular weight is 229 g/mol. The first-order valence-corrected chi connectivity index (χ1v) is 5.38. The zero-order valence-electron chi connectivity index (χ0n) is 9.70. The maximum atomic E-state index is 13.6. The molecule has 0 N–H and O–H groups in total. The molecule has 1 unspecified atom stereocenters. The Morgan fingerprint density at radius 3 is 2.76 bits per heavy atom. The van der Waals surface area contributed by atoms with E-state index in [9.17, 15) is 9.18 Å². The highest BCUT2D eigenvalue weighted by Gasteiger charge is 2.19. The number of allylic oxidation sites excluding steroid dienone is 5. The summed E-state index contributed by atoms with van der Waals surface area (Å²) in [6.45, 7) is 3.70. The van der Waals surface area contributed by atoms with Crippen LogP contribution in [0.25, 0.3) is 5.57 Å². The Kier molecular flexibility index (Phi) is 3.03. The Balaban J connectivity index is 2.46.